The van der Waals surface area contributed by atoms with Crippen LogP contribution in [-0.2, 0) is 6.54 Å². The zero-order chi connectivity index (χ0) is 19.9. The van der Waals surface area contributed by atoms with Crippen molar-refractivity contribution < 1.29 is 14.3 Å². The number of aromatic nitrogens is 2. The van der Waals surface area contributed by atoms with Gasteiger partial charge in [-0.1, -0.05) is 30.3 Å². The van der Waals surface area contributed by atoms with Gasteiger partial charge < -0.3 is 19.7 Å². The van der Waals surface area contributed by atoms with Gasteiger partial charge in [0.25, 0.3) is 5.91 Å². The molecule has 0 spiro atoms. The highest BCUT2D eigenvalue weighted by Gasteiger charge is 2.12. The molecule has 0 aliphatic heterocycles. The van der Waals surface area contributed by atoms with Crippen molar-refractivity contribution >= 4 is 17.4 Å². The van der Waals surface area contributed by atoms with Crippen molar-refractivity contribution in [1.29, 1.82) is 0 Å². The quantitative estimate of drug-likeness (QED) is 0.679. The Kier molecular flexibility index (Phi) is 6.06. The van der Waals surface area contributed by atoms with Crippen molar-refractivity contribution in [3.05, 3.63) is 72.2 Å². The molecule has 7 nitrogen and oxygen atoms in total. The first-order chi connectivity index (χ1) is 13.6. The lowest BCUT2D eigenvalue weighted by Crippen LogP contribution is -2.19. The van der Waals surface area contributed by atoms with E-state index in [2.05, 4.69) is 27.4 Å². The number of hydrogen-bond acceptors (Lipinski definition) is 6. The number of rotatable bonds is 7. The maximum atomic E-state index is 12.4. The molecule has 3 rings (SSSR count). The average Bonchev–Trinajstić information content (AvgIpc) is 2.74. The number of nitrogens with zero attached hydrogens (tertiary/aromatic N) is 3. The van der Waals surface area contributed by atoms with Crippen molar-refractivity contribution in [2.24, 2.45) is 0 Å². The Morgan fingerprint density at radius 2 is 1.75 bits per heavy atom. The Balaban J connectivity index is 1.66. The molecule has 7 heteroatoms. The van der Waals surface area contributed by atoms with E-state index in [4.69, 9.17) is 9.47 Å². The molecule has 3 aromatic rings. The van der Waals surface area contributed by atoms with Crippen LogP contribution in [0.3, 0.4) is 0 Å². The van der Waals surface area contributed by atoms with Gasteiger partial charge in [-0.2, -0.15) is 0 Å². The molecule has 0 saturated heterocycles. The minimum Gasteiger partial charge on any atom is -0.493 e. The van der Waals surface area contributed by atoms with Gasteiger partial charge in [-0.3, -0.25) is 4.79 Å². The largest absolute Gasteiger partial charge is 0.493 e. The van der Waals surface area contributed by atoms with E-state index in [-0.39, 0.29) is 11.6 Å². The van der Waals surface area contributed by atoms with Gasteiger partial charge in [-0.15, -0.1) is 0 Å². The Bertz CT molecular complexity index is 930. The summed E-state index contributed by atoms with van der Waals surface area (Å²) in [5, 5.41) is 2.78. The van der Waals surface area contributed by atoms with E-state index >= 15 is 0 Å². The third kappa shape index (κ3) is 4.56. The van der Waals surface area contributed by atoms with Crippen LogP contribution in [0.25, 0.3) is 0 Å². The summed E-state index contributed by atoms with van der Waals surface area (Å²) in [6.07, 6.45) is 3.05. The van der Waals surface area contributed by atoms with E-state index in [0.717, 1.165) is 0 Å². The van der Waals surface area contributed by atoms with Gasteiger partial charge in [0.2, 0.25) is 0 Å². The summed E-state index contributed by atoms with van der Waals surface area (Å²) in [5.74, 6) is 1.46. The van der Waals surface area contributed by atoms with E-state index < -0.39 is 0 Å². The first kappa shape index (κ1) is 19.2. The second kappa shape index (κ2) is 8.85. The molecule has 1 amide bonds. The van der Waals surface area contributed by atoms with Crippen LogP contribution in [0, 0.1) is 0 Å². The Morgan fingerprint density at radius 1 is 1.00 bits per heavy atom. The fourth-order valence-corrected chi connectivity index (χ4v) is 2.68. The lowest BCUT2D eigenvalue weighted by molar-refractivity contribution is 0.102. The number of amides is 1. The molecule has 0 unspecified atom stereocenters. The zero-order valence-electron chi connectivity index (χ0n) is 16.0. The summed E-state index contributed by atoms with van der Waals surface area (Å²) in [5.41, 5.74) is 1.98. The van der Waals surface area contributed by atoms with Gasteiger partial charge in [0.15, 0.2) is 11.5 Å². The molecule has 1 N–H and O–H groups in total. The normalized spacial score (nSPS) is 10.2. The second-order valence-electron chi connectivity index (χ2n) is 6.13. The molecule has 28 heavy (non-hydrogen) atoms. The summed E-state index contributed by atoms with van der Waals surface area (Å²) >= 11 is 0. The highest BCUT2D eigenvalue weighted by molar-refractivity contribution is 6.02. The lowest BCUT2D eigenvalue weighted by atomic mass is 10.2. The van der Waals surface area contributed by atoms with Gasteiger partial charge in [-0.05, 0) is 17.7 Å². The van der Waals surface area contributed by atoms with Crippen LogP contribution in [0.15, 0.2) is 60.9 Å². The van der Waals surface area contributed by atoms with Crippen molar-refractivity contribution in [3.8, 4) is 11.5 Å². The van der Waals surface area contributed by atoms with Crippen LogP contribution >= 0.6 is 0 Å². The molecule has 0 saturated carbocycles. The number of ether oxygens (including phenoxy) is 2. The Hall–Kier alpha value is -3.61. The fourth-order valence-electron chi connectivity index (χ4n) is 2.68. The molecule has 0 bridgehead atoms. The third-order valence-electron chi connectivity index (χ3n) is 4.17. The van der Waals surface area contributed by atoms with Crippen molar-refractivity contribution in [3.63, 3.8) is 0 Å². The Labute approximate surface area is 164 Å². The summed E-state index contributed by atoms with van der Waals surface area (Å²) in [6.45, 7) is 0.701. The summed E-state index contributed by atoms with van der Waals surface area (Å²) in [4.78, 5) is 23.0. The van der Waals surface area contributed by atoms with Crippen LogP contribution in [0.5, 0.6) is 11.5 Å². The van der Waals surface area contributed by atoms with E-state index in [0.29, 0.717) is 29.5 Å². The molecule has 0 radical (unpaired) electrons. The number of carbonyl (C=O) groups excluding carboxylic acids is 1. The lowest BCUT2D eigenvalue weighted by Gasteiger charge is -2.18. The molecule has 0 fully saturated rings. The number of benzene rings is 2. The summed E-state index contributed by atoms with van der Waals surface area (Å²) < 4.78 is 10.4. The maximum Gasteiger partial charge on any atom is 0.275 e. The molecular formula is C21H22N4O3. The predicted octanol–water partition coefficient (Wildman–Crippen LogP) is 3.38. The van der Waals surface area contributed by atoms with Gasteiger partial charge in [0.1, 0.15) is 11.5 Å². The SMILES string of the molecule is COc1ccc(NC(=O)c2cnc(N(C)Cc3ccccc3)cn2)cc1OC. The van der Waals surface area contributed by atoms with E-state index in [1.807, 2.05) is 30.1 Å². The average molecular weight is 378 g/mol. The molecule has 0 atom stereocenters. The number of hydrogen-bond donors (Lipinski definition) is 1. The minimum absolute atomic E-state index is 0.228. The highest BCUT2D eigenvalue weighted by Crippen LogP contribution is 2.29. The van der Waals surface area contributed by atoms with Gasteiger partial charge in [-0.25, -0.2) is 9.97 Å². The first-order valence-corrected chi connectivity index (χ1v) is 8.71. The van der Waals surface area contributed by atoms with Crippen LogP contribution < -0.4 is 19.7 Å². The van der Waals surface area contributed by atoms with Gasteiger partial charge in [0, 0.05) is 25.3 Å². The van der Waals surface area contributed by atoms with Crippen molar-refractivity contribution in [2.75, 3.05) is 31.5 Å². The van der Waals surface area contributed by atoms with Crippen LogP contribution in [-0.4, -0.2) is 37.1 Å². The van der Waals surface area contributed by atoms with Crippen molar-refractivity contribution in [2.45, 2.75) is 6.54 Å². The fraction of sp³-hybridized carbons (Fsp3) is 0.190. The predicted molar refractivity (Wildman–Crippen MR) is 108 cm³/mol. The number of methoxy groups -OCH3 is 2. The molecule has 0 aliphatic rings. The van der Waals surface area contributed by atoms with Crippen LogP contribution in [0.4, 0.5) is 11.5 Å². The molecule has 0 aliphatic carbocycles. The topological polar surface area (TPSA) is 76.6 Å². The maximum absolute atomic E-state index is 12.4. The van der Waals surface area contributed by atoms with Crippen molar-refractivity contribution in [1.82, 2.24) is 9.97 Å². The highest BCUT2D eigenvalue weighted by atomic mass is 16.5. The van der Waals surface area contributed by atoms with E-state index in [1.54, 1.807) is 38.6 Å². The Morgan fingerprint density at radius 3 is 2.39 bits per heavy atom. The van der Waals surface area contributed by atoms with Crippen LogP contribution in [0.1, 0.15) is 16.1 Å². The number of carbonyl (C=O) groups is 1. The number of nitrogens with one attached hydrogen (secondary N) is 1. The molecule has 1 heterocycles. The second-order valence-corrected chi connectivity index (χ2v) is 6.13. The monoisotopic (exact) mass is 378 g/mol. The minimum atomic E-state index is -0.350. The first-order valence-electron chi connectivity index (χ1n) is 8.71. The van der Waals surface area contributed by atoms with E-state index in [9.17, 15) is 4.79 Å². The molecule has 144 valence electrons. The molecular weight excluding hydrogens is 356 g/mol. The van der Waals surface area contributed by atoms with Gasteiger partial charge in [0.05, 0.1) is 26.6 Å². The summed E-state index contributed by atoms with van der Waals surface area (Å²) in [6, 6.07) is 15.2. The molecule has 2 aromatic carbocycles. The van der Waals surface area contributed by atoms with Crippen LogP contribution in [0.2, 0.25) is 0 Å². The summed E-state index contributed by atoms with van der Waals surface area (Å²) in [7, 11) is 5.03. The zero-order valence-corrected chi connectivity index (χ0v) is 16.0. The smallest absolute Gasteiger partial charge is 0.275 e. The number of anilines is 2. The third-order valence-corrected chi connectivity index (χ3v) is 4.17. The standard InChI is InChI=1S/C21H22N4O3/c1-25(14-15-7-5-4-6-8-15)20-13-22-17(12-23-20)21(26)24-16-9-10-18(27-2)19(11-16)28-3/h4-13H,14H2,1-3H3,(H,24,26). The molecule has 1 aromatic heterocycles. The van der Waals surface area contributed by atoms with E-state index in [1.165, 1.54) is 11.8 Å². The van der Waals surface area contributed by atoms with Gasteiger partial charge >= 0.3 is 0 Å².